The normalized spacial score (nSPS) is 20.1. The molecule has 1 atom stereocenters. The molecule has 0 radical (unpaired) electrons. The molecule has 1 aromatic carbocycles. The first kappa shape index (κ1) is 14.0. The van der Waals surface area contributed by atoms with Gasteiger partial charge in [-0.1, -0.05) is 0 Å². The Labute approximate surface area is 123 Å². The van der Waals surface area contributed by atoms with Crippen LogP contribution in [0, 0.1) is 5.92 Å². The molecule has 1 N–H and O–H groups in total. The lowest BCUT2D eigenvalue weighted by Gasteiger charge is -2.21. The quantitative estimate of drug-likeness (QED) is 0.904. The molecule has 0 spiro atoms. The van der Waals surface area contributed by atoms with E-state index in [4.69, 9.17) is 18.9 Å². The monoisotopic (exact) mass is 293 g/mol. The number of carbonyl (C=O) groups excluding carboxylic acids is 1. The van der Waals surface area contributed by atoms with E-state index in [1.165, 1.54) is 0 Å². The van der Waals surface area contributed by atoms with Crippen LogP contribution in [-0.4, -0.2) is 46.0 Å². The molecule has 1 saturated heterocycles. The molecule has 0 aromatic heterocycles. The van der Waals surface area contributed by atoms with Gasteiger partial charge in [-0.05, 0) is 18.6 Å². The van der Waals surface area contributed by atoms with E-state index in [0.29, 0.717) is 55.1 Å². The highest BCUT2D eigenvalue weighted by Crippen LogP contribution is 2.40. The number of carbonyl (C=O) groups is 1. The Morgan fingerprint density at radius 1 is 1.33 bits per heavy atom. The van der Waals surface area contributed by atoms with E-state index in [2.05, 4.69) is 5.32 Å². The van der Waals surface area contributed by atoms with Crippen molar-refractivity contribution < 1.29 is 23.7 Å². The molecular formula is C15H19NO5. The fourth-order valence-electron chi connectivity index (χ4n) is 2.49. The minimum Gasteiger partial charge on any atom is -0.493 e. The van der Waals surface area contributed by atoms with E-state index in [9.17, 15) is 4.79 Å². The topological polar surface area (TPSA) is 66.0 Å². The summed E-state index contributed by atoms with van der Waals surface area (Å²) in [7, 11) is 1.55. The number of rotatable bonds is 4. The number of nitrogens with one attached hydrogen (secondary N) is 1. The van der Waals surface area contributed by atoms with Crippen molar-refractivity contribution >= 4 is 5.91 Å². The predicted octanol–water partition coefficient (Wildman–Crippen LogP) is 1.23. The van der Waals surface area contributed by atoms with E-state index in [0.717, 1.165) is 13.0 Å². The van der Waals surface area contributed by atoms with Crippen molar-refractivity contribution in [1.29, 1.82) is 0 Å². The zero-order valence-electron chi connectivity index (χ0n) is 12.0. The second-order valence-electron chi connectivity index (χ2n) is 5.14. The van der Waals surface area contributed by atoms with Gasteiger partial charge in [0.1, 0.15) is 13.2 Å². The molecule has 0 aliphatic carbocycles. The molecule has 6 nitrogen and oxygen atoms in total. The Hall–Kier alpha value is -1.95. The number of amides is 1. The van der Waals surface area contributed by atoms with Gasteiger partial charge in [0.05, 0.1) is 13.7 Å². The van der Waals surface area contributed by atoms with Crippen molar-refractivity contribution in [2.45, 2.75) is 6.42 Å². The largest absolute Gasteiger partial charge is 0.493 e. The highest BCUT2D eigenvalue weighted by atomic mass is 16.6. The summed E-state index contributed by atoms with van der Waals surface area (Å²) in [4.78, 5) is 12.3. The van der Waals surface area contributed by atoms with Crippen LogP contribution in [0.25, 0.3) is 0 Å². The molecule has 2 heterocycles. The lowest BCUT2D eigenvalue weighted by atomic mass is 10.1. The molecule has 1 fully saturated rings. The van der Waals surface area contributed by atoms with E-state index in [-0.39, 0.29) is 5.91 Å². The Kier molecular flexibility index (Phi) is 4.15. The minimum atomic E-state index is -0.142. The van der Waals surface area contributed by atoms with Crippen LogP contribution in [0.4, 0.5) is 0 Å². The molecule has 0 unspecified atom stereocenters. The summed E-state index contributed by atoms with van der Waals surface area (Å²) in [5.74, 6) is 1.88. The van der Waals surface area contributed by atoms with E-state index < -0.39 is 0 Å². The maximum atomic E-state index is 12.3. The van der Waals surface area contributed by atoms with E-state index >= 15 is 0 Å². The van der Waals surface area contributed by atoms with Crippen LogP contribution < -0.4 is 19.5 Å². The number of methoxy groups -OCH3 is 1. The van der Waals surface area contributed by atoms with Crippen LogP contribution in [0.3, 0.4) is 0 Å². The average Bonchev–Trinajstić information content (AvgIpc) is 3.04. The Balaban J connectivity index is 1.73. The summed E-state index contributed by atoms with van der Waals surface area (Å²) in [6.45, 7) is 3.07. The Morgan fingerprint density at radius 2 is 2.19 bits per heavy atom. The maximum absolute atomic E-state index is 12.3. The lowest BCUT2D eigenvalue weighted by Crippen LogP contribution is -2.29. The molecule has 3 rings (SSSR count). The fraction of sp³-hybridized carbons (Fsp3) is 0.533. The van der Waals surface area contributed by atoms with E-state index in [1.54, 1.807) is 19.2 Å². The number of ether oxygens (including phenoxy) is 4. The first-order chi connectivity index (χ1) is 10.3. The van der Waals surface area contributed by atoms with Gasteiger partial charge in [0.15, 0.2) is 11.5 Å². The van der Waals surface area contributed by atoms with Gasteiger partial charge in [-0.3, -0.25) is 4.79 Å². The summed E-state index contributed by atoms with van der Waals surface area (Å²) in [6, 6.07) is 3.37. The van der Waals surface area contributed by atoms with Crippen molar-refractivity contribution in [3.05, 3.63) is 17.7 Å². The van der Waals surface area contributed by atoms with Gasteiger partial charge in [0.2, 0.25) is 5.75 Å². The van der Waals surface area contributed by atoms with Gasteiger partial charge in [-0.25, -0.2) is 0 Å². The van der Waals surface area contributed by atoms with Gasteiger partial charge in [-0.15, -0.1) is 0 Å². The average molecular weight is 293 g/mol. The van der Waals surface area contributed by atoms with Crippen LogP contribution >= 0.6 is 0 Å². The van der Waals surface area contributed by atoms with Crippen LogP contribution in [0.2, 0.25) is 0 Å². The number of hydrogen-bond acceptors (Lipinski definition) is 5. The maximum Gasteiger partial charge on any atom is 0.251 e. The number of fused-ring (bicyclic) bond motifs is 1. The van der Waals surface area contributed by atoms with Crippen molar-refractivity contribution in [2.24, 2.45) is 5.92 Å². The third kappa shape index (κ3) is 3.05. The highest BCUT2D eigenvalue weighted by Gasteiger charge is 2.22. The molecule has 1 aromatic rings. The van der Waals surface area contributed by atoms with Crippen molar-refractivity contribution in [3.63, 3.8) is 0 Å². The van der Waals surface area contributed by atoms with Crippen LogP contribution in [-0.2, 0) is 4.74 Å². The molecule has 2 aliphatic rings. The highest BCUT2D eigenvalue weighted by molar-refractivity contribution is 5.95. The van der Waals surface area contributed by atoms with Gasteiger partial charge in [-0.2, -0.15) is 0 Å². The van der Waals surface area contributed by atoms with Crippen molar-refractivity contribution in [2.75, 3.05) is 40.1 Å². The minimum absolute atomic E-state index is 0.142. The Morgan fingerprint density at radius 3 is 2.95 bits per heavy atom. The summed E-state index contributed by atoms with van der Waals surface area (Å²) in [5.41, 5.74) is 0.509. The van der Waals surface area contributed by atoms with Crippen LogP contribution in [0.1, 0.15) is 16.8 Å². The number of hydrogen-bond donors (Lipinski definition) is 1. The number of benzene rings is 1. The van der Waals surface area contributed by atoms with Crippen molar-refractivity contribution in [1.82, 2.24) is 5.32 Å². The summed E-state index contributed by atoms with van der Waals surface area (Å²) in [6.07, 6.45) is 0.991. The van der Waals surface area contributed by atoms with Gasteiger partial charge in [0.25, 0.3) is 5.91 Å². The SMILES string of the molecule is COc1cc(C(=O)NC[C@H]2CCOC2)cc2c1OCCO2. The summed E-state index contributed by atoms with van der Waals surface area (Å²) >= 11 is 0. The van der Waals surface area contributed by atoms with Gasteiger partial charge >= 0.3 is 0 Å². The third-order valence-corrected chi connectivity index (χ3v) is 3.67. The first-order valence-corrected chi connectivity index (χ1v) is 7.11. The second kappa shape index (κ2) is 6.22. The molecule has 0 bridgehead atoms. The van der Waals surface area contributed by atoms with Gasteiger partial charge < -0.3 is 24.3 Å². The van der Waals surface area contributed by atoms with E-state index in [1.807, 2.05) is 0 Å². The predicted molar refractivity (Wildman–Crippen MR) is 75.2 cm³/mol. The molecular weight excluding hydrogens is 274 g/mol. The summed E-state index contributed by atoms with van der Waals surface area (Å²) < 4.78 is 21.6. The molecule has 114 valence electrons. The molecule has 2 aliphatic heterocycles. The molecule has 0 saturated carbocycles. The summed E-state index contributed by atoms with van der Waals surface area (Å²) in [5, 5.41) is 2.93. The fourth-order valence-corrected chi connectivity index (χ4v) is 2.49. The van der Waals surface area contributed by atoms with Crippen molar-refractivity contribution in [3.8, 4) is 17.2 Å². The van der Waals surface area contributed by atoms with Crippen LogP contribution in [0.5, 0.6) is 17.2 Å². The zero-order valence-corrected chi connectivity index (χ0v) is 12.0. The molecule has 1 amide bonds. The first-order valence-electron chi connectivity index (χ1n) is 7.11. The standard InChI is InChI=1S/C15H19NO5/c1-18-12-6-11(7-13-14(12)21-5-4-20-13)15(17)16-8-10-2-3-19-9-10/h6-7,10H,2-5,8-9H2,1H3,(H,16,17)/t10-/m1/s1. The van der Waals surface area contributed by atoms with Crippen LogP contribution in [0.15, 0.2) is 12.1 Å². The smallest absolute Gasteiger partial charge is 0.251 e. The zero-order chi connectivity index (χ0) is 14.7. The molecule has 21 heavy (non-hydrogen) atoms. The molecule has 6 heteroatoms. The third-order valence-electron chi connectivity index (χ3n) is 3.67. The Bertz CT molecular complexity index is 508. The van der Waals surface area contributed by atoms with Gasteiger partial charge in [0, 0.05) is 24.6 Å². The lowest BCUT2D eigenvalue weighted by molar-refractivity contribution is 0.0943. The second-order valence-corrected chi connectivity index (χ2v) is 5.14.